The van der Waals surface area contributed by atoms with Crippen molar-refractivity contribution in [3.05, 3.63) is 46.9 Å². The van der Waals surface area contributed by atoms with E-state index in [0.717, 1.165) is 31.2 Å². The second-order valence-electron chi connectivity index (χ2n) is 6.66. The van der Waals surface area contributed by atoms with Gasteiger partial charge in [-0.15, -0.1) is 0 Å². The van der Waals surface area contributed by atoms with Crippen LogP contribution in [0.15, 0.2) is 22.7 Å². The summed E-state index contributed by atoms with van der Waals surface area (Å²) in [5, 5.41) is 9.31. The number of urea groups is 1. The third-order valence-electron chi connectivity index (χ3n) is 4.61. The predicted molar refractivity (Wildman–Crippen MR) is 83.7 cm³/mol. The van der Waals surface area contributed by atoms with Crippen molar-refractivity contribution >= 4 is 6.03 Å². The summed E-state index contributed by atoms with van der Waals surface area (Å²) in [7, 11) is 0. The largest absolute Gasteiger partial charge is 0.337 e. The molecule has 0 bridgehead atoms. The summed E-state index contributed by atoms with van der Waals surface area (Å²) in [6.07, 6.45) is 3.78. The third kappa shape index (κ3) is 2.98. The lowest BCUT2D eigenvalue weighted by Gasteiger charge is -2.14. The molecule has 2 fully saturated rings. The Labute approximate surface area is 138 Å². The van der Waals surface area contributed by atoms with Crippen LogP contribution in [0.1, 0.15) is 54.4 Å². The van der Waals surface area contributed by atoms with Gasteiger partial charge in [-0.2, -0.15) is 4.98 Å². The van der Waals surface area contributed by atoms with Gasteiger partial charge < -0.3 is 15.2 Å². The fourth-order valence-electron chi connectivity index (χ4n) is 2.82. The number of nitrogens with zero attached hydrogens (tertiary/aromatic N) is 2. The van der Waals surface area contributed by atoms with Crippen molar-refractivity contribution < 1.29 is 13.7 Å². The van der Waals surface area contributed by atoms with Gasteiger partial charge in [0.15, 0.2) is 5.82 Å². The van der Waals surface area contributed by atoms with Gasteiger partial charge in [-0.3, -0.25) is 0 Å². The minimum atomic E-state index is -0.570. The topological polar surface area (TPSA) is 80.0 Å². The maximum atomic E-state index is 14.1. The number of halogens is 1. The van der Waals surface area contributed by atoms with E-state index in [0.29, 0.717) is 23.2 Å². The molecule has 7 heteroatoms. The van der Waals surface area contributed by atoms with Crippen molar-refractivity contribution in [3.8, 4) is 0 Å². The Morgan fingerprint density at radius 1 is 1.42 bits per heavy atom. The molecule has 2 aromatic rings. The Kier molecular flexibility index (Phi) is 3.51. The first-order valence-electron chi connectivity index (χ1n) is 8.21. The third-order valence-corrected chi connectivity index (χ3v) is 4.61. The van der Waals surface area contributed by atoms with Gasteiger partial charge in [0.1, 0.15) is 11.4 Å². The van der Waals surface area contributed by atoms with E-state index in [-0.39, 0.29) is 18.4 Å². The standard InChI is InChI=1S/C17H19FN4O2/c1-10-20-15(24-22-10)17(6-7-17)21-16(23)19-9-13-5-4-12(8-14(13)18)11-2-3-11/h4-5,8,11H,2-3,6-7,9H2,1H3,(H2,19,21,23). The number of hydrogen-bond acceptors (Lipinski definition) is 4. The van der Waals surface area contributed by atoms with Crippen LogP contribution in [0.3, 0.4) is 0 Å². The number of amides is 2. The monoisotopic (exact) mass is 330 g/mol. The van der Waals surface area contributed by atoms with E-state index >= 15 is 0 Å². The molecule has 2 N–H and O–H groups in total. The zero-order valence-electron chi connectivity index (χ0n) is 13.4. The molecule has 1 aromatic carbocycles. The predicted octanol–water partition coefficient (Wildman–Crippen LogP) is 2.88. The number of carbonyl (C=O) groups is 1. The zero-order chi connectivity index (χ0) is 16.7. The number of hydrogen-bond donors (Lipinski definition) is 2. The van der Waals surface area contributed by atoms with Crippen LogP contribution >= 0.6 is 0 Å². The highest BCUT2D eigenvalue weighted by Gasteiger charge is 2.50. The van der Waals surface area contributed by atoms with Crippen LogP contribution in [-0.4, -0.2) is 16.2 Å². The molecule has 6 nitrogen and oxygen atoms in total. The van der Waals surface area contributed by atoms with Gasteiger partial charge >= 0.3 is 6.03 Å². The highest BCUT2D eigenvalue weighted by atomic mass is 19.1. The number of benzene rings is 1. The molecule has 0 spiro atoms. The van der Waals surface area contributed by atoms with Gasteiger partial charge in [0.2, 0.25) is 0 Å². The van der Waals surface area contributed by atoms with E-state index in [4.69, 9.17) is 4.52 Å². The SMILES string of the molecule is Cc1noc(C2(NC(=O)NCc3ccc(C4CC4)cc3F)CC2)n1. The normalized spacial score (nSPS) is 18.2. The van der Waals surface area contributed by atoms with Crippen molar-refractivity contribution in [2.24, 2.45) is 0 Å². The van der Waals surface area contributed by atoms with E-state index in [2.05, 4.69) is 20.8 Å². The summed E-state index contributed by atoms with van der Waals surface area (Å²) < 4.78 is 19.3. The number of rotatable bonds is 5. The van der Waals surface area contributed by atoms with Crippen molar-refractivity contribution in [1.82, 2.24) is 20.8 Å². The minimum absolute atomic E-state index is 0.140. The molecule has 0 atom stereocenters. The molecule has 2 aliphatic carbocycles. The average molecular weight is 330 g/mol. The molecule has 2 saturated carbocycles. The van der Waals surface area contributed by atoms with E-state index in [9.17, 15) is 9.18 Å². The van der Waals surface area contributed by atoms with Gasteiger partial charge in [-0.25, -0.2) is 9.18 Å². The summed E-state index contributed by atoms with van der Waals surface area (Å²) in [4.78, 5) is 16.3. The quantitative estimate of drug-likeness (QED) is 0.883. The van der Waals surface area contributed by atoms with Crippen molar-refractivity contribution in [2.45, 2.75) is 50.6 Å². The van der Waals surface area contributed by atoms with Crippen LogP contribution in [0.2, 0.25) is 0 Å². The van der Waals surface area contributed by atoms with Gasteiger partial charge in [0, 0.05) is 12.1 Å². The molecule has 126 valence electrons. The maximum Gasteiger partial charge on any atom is 0.315 e. The molecule has 2 aliphatic rings. The maximum absolute atomic E-state index is 14.1. The Morgan fingerprint density at radius 2 is 2.21 bits per heavy atom. The van der Waals surface area contributed by atoms with Crippen LogP contribution in [0.4, 0.5) is 9.18 Å². The summed E-state index contributed by atoms with van der Waals surface area (Å²) >= 11 is 0. The Bertz CT molecular complexity index is 781. The molecule has 1 aromatic heterocycles. The first-order chi connectivity index (χ1) is 11.6. The van der Waals surface area contributed by atoms with Crippen molar-refractivity contribution in [3.63, 3.8) is 0 Å². The van der Waals surface area contributed by atoms with Gasteiger partial charge in [-0.05, 0) is 50.2 Å². The Morgan fingerprint density at radius 3 is 2.79 bits per heavy atom. The first kappa shape index (κ1) is 15.1. The second kappa shape index (κ2) is 5.58. The van der Waals surface area contributed by atoms with E-state index in [1.165, 1.54) is 0 Å². The van der Waals surface area contributed by atoms with Crippen LogP contribution in [0.25, 0.3) is 0 Å². The van der Waals surface area contributed by atoms with E-state index in [1.807, 2.05) is 6.07 Å². The molecule has 0 radical (unpaired) electrons. The average Bonchev–Trinajstić information content (AvgIpc) is 3.47. The van der Waals surface area contributed by atoms with Gasteiger partial charge in [-0.1, -0.05) is 17.3 Å². The summed E-state index contributed by atoms with van der Waals surface area (Å²) in [5.41, 5.74) is 0.956. The first-order valence-corrected chi connectivity index (χ1v) is 8.21. The summed E-state index contributed by atoms with van der Waals surface area (Å²) in [5.74, 6) is 1.21. The van der Waals surface area contributed by atoms with E-state index < -0.39 is 5.54 Å². The number of aryl methyl sites for hydroxylation is 1. The molecule has 2 amide bonds. The van der Waals surface area contributed by atoms with Crippen LogP contribution in [0.5, 0.6) is 0 Å². The molecular weight excluding hydrogens is 311 g/mol. The lowest BCUT2D eigenvalue weighted by molar-refractivity contribution is 0.229. The van der Waals surface area contributed by atoms with Crippen molar-refractivity contribution in [2.75, 3.05) is 0 Å². The lowest BCUT2D eigenvalue weighted by atomic mass is 10.1. The van der Waals surface area contributed by atoms with Gasteiger partial charge in [0.05, 0.1) is 0 Å². The molecular formula is C17H19FN4O2. The molecule has 24 heavy (non-hydrogen) atoms. The highest BCUT2D eigenvalue weighted by Crippen LogP contribution is 2.44. The molecule has 0 saturated heterocycles. The van der Waals surface area contributed by atoms with Crippen LogP contribution < -0.4 is 10.6 Å². The smallest absolute Gasteiger partial charge is 0.315 e. The molecule has 1 heterocycles. The van der Waals surface area contributed by atoms with Crippen molar-refractivity contribution in [1.29, 1.82) is 0 Å². The van der Waals surface area contributed by atoms with Crippen LogP contribution in [0, 0.1) is 12.7 Å². The lowest BCUT2D eigenvalue weighted by Crippen LogP contribution is -2.42. The minimum Gasteiger partial charge on any atom is -0.337 e. The number of carbonyl (C=O) groups excluding carboxylic acids is 1. The van der Waals surface area contributed by atoms with Crippen LogP contribution in [-0.2, 0) is 12.1 Å². The fourth-order valence-corrected chi connectivity index (χ4v) is 2.82. The Hall–Kier alpha value is -2.44. The molecule has 4 rings (SSSR count). The molecule has 0 aliphatic heterocycles. The Balaban J connectivity index is 1.35. The number of nitrogens with one attached hydrogen (secondary N) is 2. The summed E-state index contributed by atoms with van der Waals surface area (Å²) in [6, 6.07) is 4.90. The highest BCUT2D eigenvalue weighted by molar-refractivity contribution is 5.75. The zero-order valence-corrected chi connectivity index (χ0v) is 13.4. The second-order valence-corrected chi connectivity index (χ2v) is 6.66. The number of aromatic nitrogens is 2. The van der Waals surface area contributed by atoms with Gasteiger partial charge in [0.25, 0.3) is 5.89 Å². The summed E-state index contributed by atoms with van der Waals surface area (Å²) in [6.45, 7) is 1.87. The molecule has 0 unspecified atom stereocenters. The van der Waals surface area contributed by atoms with E-state index in [1.54, 1.807) is 19.1 Å². The fraction of sp³-hybridized carbons (Fsp3) is 0.471.